The van der Waals surface area contributed by atoms with Crippen LogP contribution in [0.15, 0.2) is 11.6 Å². The highest BCUT2D eigenvalue weighted by atomic mass is 16.8. The van der Waals surface area contributed by atoms with E-state index in [2.05, 4.69) is 33.8 Å². The number of aliphatic hydroxyl groups excluding tert-OH is 17. The molecule has 9 fully saturated rings. The normalized spacial score (nSPS) is 54.8. The SMILES string of the molecule is C[C@@H]1O[C@@H](O[C@H]2[C@H](O[C@H]3[C@H](O)[C@@H](C(=O)O)O[C@@H](O[C@H]4CC[C@@]5(C)[C@H](CC[C@]6(C)[C@@H]5CC=C5[C@H]7CC(C)(C)CC[C@]7(CO[C@@H]7O[C@H](CO)[C@@H](O)[C@H](O)[C@H]7O)[C@H](O)[C@H](O)[C@]56C)C4(C)C)[C@@H]3O[C@@H]3O[C@H](CO)[C@@H](O)[C@H](O)[C@H]3O)O[C@H](CO)[C@H](O)[C@@H]2O)[C@H](O)[C@H](O)[C@H]1O. The van der Waals surface area contributed by atoms with E-state index in [1.54, 1.807) is 0 Å². The highest BCUT2D eigenvalue weighted by Crippen LogP contribution is 2.76. The van der Waals surface area contributed by atoms with Crippen LogP contribution >= 0.6 is 0 Å². The molecule has 18 N–H and O–H groups in total. The number of ether oxygens (including phenoxy) is 10. The average molecular weight is 1280 g/mol. The molecule has 10 rings (SSSR count). The van der Waals surface area contributed by atoms with Crippen LogP contribution in [-0.2, 0) is 52.2 Å². The topological polar surface area (TPSA) is 474 Å². The van der Waals surface area contributed by atoms with E-state index in [9.17, 15) is 96.7 Å². The summed E-state index contributed by atoms with van der Waals surface area (Å²) in [5.74, 6) is -2.39. The summed E-state index contributed by atoms with van der Waals surface area (Å²) in [6, 6.07) is 0. The van der Waals surface area contributed by atoms with Gasteiger partial charge in [0.05, 0.1) is 50.8 Å². The Hall–Kier alpha value is -1.87. The van der Waals surface area contributed by atoms with E-state index >= 15 is 0 Å². The third kappa shape index (κ3) is 11.5. The first kappa shape index (κ1) is 69.9. The van der Waals surface area contributed by atoms with Gasteiger partial charge in [-0.15, -0.1) is 0 Å². The van der Waals surface area contributed by atoms with Crippen LogP contribution in [0.5, 0.6) is 0 Å². The van der Waals surface area contributed by atoms with Gasteiger partial charge in [-0.25, -0.2) is 4.79 Å². The number of carboxylic acid groups (broad SMARTS) is 1. The quantitative estimate of drug-likeness (QED) is 0.0541. The lowest BCUT2D eigenvalue weighted by atomic mass is 9.32. The first-order valence-electron chi connectivity index (χ1n) is 31.4. The van der Waals surface area contributed by atoms with Crippen molar-refractivity contribution >= 4 is 5.97 Å². The molecule has 89 heavy (non-hydrogen) atoms. The highest BCUT2D eigenvalue weighted by molar-refractivity contribution is 5.73. The second kappa shape index (κ2) is 25.6. The maximum Gasteiger partial charge on any atom is 0.335 e. The highest BCUT2D eigenvalue weighted by Gasteiger charge is 2.73. The molecule has 35 atom stereocenters. The number of carbonyl (C=O) groups is 1. The lowest BCUT2D eigenvalue weighted by molar-refractivity contribution is -0.406. The summed E-state index contributed by atoms with van der Waals surface area (Å²) in [6.07, 6.45) is -43.1. The predicted octanol–water partition coefficient (Wildman–Crippen LogP) is -4.68. The molecular weight excluding hydrogens is 1180 g/mol. The average Bonchev–Trinajstić information content (AvgIpc) is 0.670. The molecular formula is C60H98O29. The van der Waals surface area contributed by atoms with Gasteiger partial charge in [-0.2, -0.15) is 0 Å². The van der Waals surface area contributed by atoms with Crippen LogP contribution in [0.25, 0.3) is 0 Å². The van der Waals surface area contributed by atoms with E-state index < -0.39 is 225 Å². The molecule has 0 bridgehead atoms. The van der Waals surface area contributed by atoms with Crippen LogP contribution in [0, 0.1) is 50.2 Å². The van der Waals surface area contributed by atoms with E-state index in [-0.39, 0.29) is 36.2 Å². The molecule has 10 aliphatic rings. The number of aliphatic hydroxyl groups is 17. The van der Waals surface area contributed by atoms with Gasteiger partial charge < -0.3 is 139 Å². The van der Waals surface area contributed by atoms with Crippen LogP contribution in [0.3, 0.4) is 0 Å². The molecule has 0 unspecified atom stereocenters. The Morgan fingerprint density at radius 2 is 1.03 bits per heavy atom. The van der Waals surface area contributed by atoms with Crippen LogP contribution in [0.1, 0.15) is 107 Å². The summed E-state index contributed by atoms with van der Waals surface area (Å²) in [5.41, 5.74) is -3.35. The molecule has 5 saturated heterocycles. The molecule has 4 saturated carbocycles. The van der Waals surface area contributed by atoms with Gasteiger partial charge in [0.2, 0.25) is 0 Å². The Morgan fingerprint density at radius 3 is 1.63 bits per heavy atom. The van der Waals surface area contributed by atoms with Crippen molar-refractivity contribution < 1.29 is 144 Å². The molecule has 5 aliphatic heterocycles. The van der Waals surface area contributed by atoms with Gasteiger partial charge in [0.15, 0.2) is 37.6 Å². The van der Waals surface area contributed by atoms with E-state index in [0.29, 0.717) is 44.9 Å². The van der Waals surface area contributed by atoms with Crippen molar-refractivity contribution in [2.75, 3.05) is 26.4 Å². The predicted molar refractivity (Wildman–Crippen MR) is 297 cm³/mol. The van der Waals surface area contributed by atoms with Crippen molar-refractivity contribution in [3.63, 3.8) is 0 Å². The van der Waals surface area contributed by atoms with Crippen LogP contribution in [0.2, 0.25) is 0 Å². The fourth-order valence-corrected chi connectivity index (χ4v) is 18.1. The molecule has 0 aromatic heterocycles. The third-order valence-corrected chi connectivity index (χ3v) is 23.7. The molecule has 29 heteroatoms. The summed E-state index contributed by atoms with van der Waals surface area (Å²) in [4.78, 5) is 13.2. The Bertz CT molecular complexity index is 2490. The summed E-state index contributed by atoms with van der Waals surface area (Å²) >= 11 is 0. The minimum absolute atomic E-state index is 0.129. The lowest BCUT2D eigenvalue weighted by Crippen LogP contribution is -2.72. The zero-order valence-corrected chi connectivity index (χ0v) is 51.5. The van der Waals surface area contributed by atoms with Crippen LogP contribution in [-0.4, -0.2) is 296 Å². The van der Waals surface area contributed by atoms with E-state index in [4.69, 9.17) is 47.4 Å². The van der Waals surface area contributed by atoms with Crippen LogP contribution < -0.4 is 0 Å². The molecule has 5 aliphatic carbocycles. The van der Waals surface area contributed by atoms with Gasteiger partial charge in [-0.1, -0.05) is 60.1 Å². The van der Waals surface area contributed by atoms with Crippen molar-refractivity contribution in [2.24, 2.45) is 50.2 Å². The minimum atomic E-state index is -2.30. The molecule has 512 valence electrons. The number of fused-ring (bicyclic) bond motifs is 7. The summed E-state index contributed by atoms with van der Waals surface area (Å²) in [7, 11) is 0. The third-order valence-electron chi connectivity index (χ3n) is 23.7. The number of carboxylic acids is 1. The largest absolute Gasteiger partial charge is 0.479 e. The van der Waals surface area contributed by atoms with Crippen molar-refractivity contribution in [1.82, 2.24) is 0 Å². The molecule has 0 spiro atoms. The Kier molecular flexibility index (Phi) is 20.1. The fourth-order valence-electron chi connectivity index (χ4n) is 18.1. The smallest absolute Gasteiger partial charge is 0.335 e. The van der Waals surface area contributed by atoms with Crippen molar-refractivity contribution in [3.8, 4) is 0 Å². The van der Waals surface area contributed by atoms with Crippen LogP contribution in [0.4, 0.5) is 0 Å². The monoisotopic (exact) mass is 1280 g/mol. The van der Waals surface area contributed by atoms with Crippen molar-refractivity contribution in [1.29, 1.82) is 0 Å². The minimum Gasteiger partial charge on any atom is -0.479 e. The van der Waals surface area contributed by atoms with Gasteiger partial charge in [-0.05, 0) is 97.7 Å². The number of hydrogen-bond donors (Lipinski definition) is 18. The number of rotatable bonds is 15. The standard InChI is InChI=1S/C60H98O29/c1-22-31(64)35(68)40(73)51(81-22)88-45-38(71)34(67)27(20-63)84-53(45)86-43-42(75)44(49(78)79)87-54(46(43)89-52-41(74)37(70)33(66)26(19-62)83-52)85-30-12-13-57(6)28(56(30,4)5)11-14-58(7)29(57)10-9-23-24-17-55(2,3)15-16-60(24,48(77)47(76)59(23,58)8)21-80-50-39(72)36(69)32(65)25(18-61)82-50/h9,22,24-48,50-54,61-77H,10-21H2,1-8H3,(H,78,79)/t22-,24+,25+,26+,27+,28+,29+,30-,31-,32+,33+,34-,35+,36-,37-,38-,39+,40+,41+,42-,43-,44-,45+,46+,47-,48+,50+,51-,52-,53-,54+,57-,58+,59-,60+/m0/s1. The summed E-state index contributed by atoms with van der Waals surface area (Å²) in [5, 5.41) is 199. The summed E-state index contributed by atoms with van der Waals surface area (Å²) < 4.78 is 61.2. The van der Waals surface area contributed by atoms with E-state index in [0.717, 1.165) is 5.57 Å². The Labute approximate surface area is 515 Å². The molecule has 0 aromatic rings. The zero-order chi connectivity index (χ0) is 65.3. The maximum absolute atomic E-state index is 13.2. The molecule has 5 heterocycles. The van der Waals surface area contributed by atoms with Gasteiger partial charge in [0.25, 0.3) is 0 Å². The lowest BCUT2D eigenvalue weighted by Gasteiger charge is -2.73. The van der Waals surface area contributed by atoms with E-state index in [1.165, 1.54) is 6.92 Å². The van der Waals surface area contributed by atoms with Crippen molar-refractivity contribution in [2.45, 2.75) is 279 Å². The zero-order valence-electron chi connectivity index (χ0n) is 51.5. The number of aliphatic carboxylic acids is 1. The van der Waals surface area contributed by atoms with Gasteiger partial charge in [0, 0.05) is 10.8 Å². The molecule has 0 radical (unpaired) electrons. The summed E-state index contributed by atoms with van der Waals surface area (Å²) in [6.45, 7) is 13.4. The fraction of sp³-hybridized carbons (Fsp3) is 0.950. The first-order valence-corrected chi connectivity index (χ1v) is 31.4. The Morgan fingerprint density at radius 1 is 0.517 bits per heavy atom. The van der Waals surface area contributed by atoms with Gasteiger partial charge >= 0.3 is 5.97 Å². The Balaban J connectivity index is 0.962. The first-order chi connectivity index (χ1) is 41.6. The molecule has 0 amide bonds. The molecule has 29 nitrogen and oxygen atoms in total. The van der Waals surface area contributed by atoms with Gasteiger partial charge in [0.1, 0.15) is 110 Å². The number of allylic oxidation sites excluding steroid dienone is 1. The molecule has 0 aromatic carbocycles. The number of hydrogen-bond acceptors (Lipinski definition) is 28. The van der Waals surface area contributed by atoms with Crippen molar-refractivity contribution in [3.05, 3.63) is 11.6 Å². The maximum atomic E-state index is 13.2. The second-order valence-corrected chi connectivity index (χ2v) is 29.3. The second-order valence-electron chi connectivity index (χ2n) is 29.3. The van der Waals surface area contributed by atoms with E-state index in [1.807, 2.05) is 20.8 Å². The van der Waals surface area contributed by atoms with Gasteiger partial charge in [-0.3, -0.25) is 0 Å².